The number of carbonyl (C=O) groups excluding carboxylic acids is 2. The average Bonchev–Trinajstić information content (AvgIpc) is 2.17. The summed E-state index contributed by atoms with van der Waals surface area (Å²) in [5.41, 5.74) is 0.735. The number of aldehydes is 1. The summed E-state index contributed by atoms with van der Waals surface area (Å²) in [6.45, 7) is 0. The van der Waals surface area contributed by atoms with Gasteiger partial charge in [0.1, 0.15) is 12.4 Å². The molecule has 0 atom stereocenters. The van der Waals surface area contributed by atoms with E-state index in [0.717, 1.165) is 0 Å². The van der Waals surface area contributed by atoms with Crippen LogP contribution in [-0.4, -0.2) is 11.5 Å². The van der Waals surface area contributed by atoms with Gasteiger partial charge in [-0.1, -0.05) is 0 Å². The molecular weight excluding hydrogens is 316 g/mol. The molecule has 0 aliphatic heterocycles. The van der Waals surface area contributed by atoms with Gasteiger partial charge in [-0.05, 0) is 46.3 Å². The summed E-state index contributed by atoms with van der Waals surface area (Å²) < 4.78 is 0.468. The largest absolute Gasteiger partial charge is 0.298 e. The Bertz CT molecular complexity index is 451. The fraction of sp³-hybridized carbons (Fsp3) is 0. The molecule has 0 bridgehead atoms. The second-order valence-corrected chi connectivity index (χ2v) is 3.86. The second kappa shape index (κ2) is 4.53. The zero-order valence-electron chi connectivity index (χ0n) is 6.75. The maximum atomic E-state index is 10.9. The molecule has 0 heterocycles. The minimum atomic E-state index is -0.672. The van der Waals surface area contributed by atoms with E-state index < -0.39 is 5.24 Å². The Balaban J connectivity index is 3.51. The Morgan fingerprint density at radius 3 is 2.64 bits per heavy atom. The highest BCUT2D eigenvalue weighted by Gasteiger charge is 2.12. The van der Waals surface area contributed by atoms with E-state index in [0.29, 0.717) is 9.86 Å². The van der Waals surface area contributed by atoms with Crippen molar-refractivity contribution in [3.63, 3.8) is 0 Å². The third-order valence-electron chi connectivity index (χ3n) is 1.56. The molecule has 0 N–H and O–H groups in total. The lowest BCUT2D eigenvalue weighted by Crippen LogP contribution is -1.98. The normalized spacial score (nSPS) is 9.21. The lowest BCUT2D eigenvalue weighted by atomic mass is 10.1. The van der Waals surface area contributed by atoms with Gasteiger partial charge in [0.05, 0.1) is 5.56 Å². The highest BCUT2D eigenvalue weighted by molar-refractivity contribution is 14.1. The van der Waals surface area contributed by atoms with E-state index in [9.17, 15) is 9.59 Å². The summed E-state index contributed by atoms with van der Waals surface area (Å²) in [7, 11) is 0. The summed E-state index contributed by atoms with van der Waals surface area (Å²) in [5.74, 6) is 0. The Kier molecular flexibility index (Phi) is 3.61. The highest BCUT2D eigenvalue weighted by Crippen LogP contribution is 2.20. The maximum Gasteiger partial charge on any atom is 0.253 e. The van der Waals surface area contributed by atoms with E-state index in [1.54, 1.807) is 0 Å². The number of halogens is 2. The van der Waals surface area contributed by atoms with Gasteiger partial charge in [-0.15, -0.1) is 0 Å². The summed E-state index contributed by atoms with van der Waals surface area (Å²) >= 11 is 7.14. The molecule has 0 fully saturated rings. The summed E-state index contributed by atoms with van der Waals surface area (Å²) in [4.78, 5) is 21.4. The van der Waals surface area contributed by atoms with Crippen LogP contribution >= 0.6 is 34.2 Å². The zero-order chi connectivity index (χ0) is 10.7. The lowest BCUT2D eigenvalue weighted by molar-refractivity contribution is 0.108. The van der Waals surface area contributed by atoms with Crippen molar-refractivity contribution in [3.8, 4) is 6.07 Å². The van der Waals surface area contributed by atoms with Crippen molar-refractivity contribution in [2.75, 3.05) is 0 Å². The number of nitrogens with zero attached hydrogens (tertiary/aromatic N) is 1. The van der Waals surface area contributed by atoms with Crippen LogP contribution in [0.5, 0.6) is 0 Å². The molecule has 0 spiro atoms. The fourth-order valence-electron chi connectivity index (χ4n) is 0.939. The first-order chi connectivity index (χ1) is 6.60. The van der Waals surface area contributed by atoms with E-state index in [1.165, 1.54) is 12.1 Å². The molecule has 0 aromatic heterocycles. The van der Waals surface area contributed by atoms with Crippen LogP contribution in [-0.2, 0) is 0 Å². The van der Waals surface area contributed by atoms with Crippen molar-refractivity contribution in [2.24, 2.45) is 0 Å². The molecule has 70 valence electrons. The van der Waals surface area contributed by atoms with Gasteiger partial charge < -0.3 is 0 Å². The van der Waals surface area contributed by atoms with Crippen molar-refractivity contribution in [1.82, 2.24) is 0 Å². The van der Waals surface area contributed by atoms with Gasteiger partial charge in [-0.2, -0.15) is 5.26 Å². The first kappa shape index (κ1) is 11.1. The quantitative estimate of drug-likeness (QED) is 0.478. The molecule has 0 amide bonds. The number of hydrogen-bond acceptors (Lipinski definition) is 3. The van der Waals surface area contributed by atoms with Gasteiger partial charge in [0.2, 0.25) is 0 Å². The number of benzene rings is 1. The second-order valence-electron chi connectivity index (χ2n) is 2.43. The van der Waals surface area contributed by atoms with E-state index in [2.05, 4.69) is 0 Å². The molecule has 14 heavy (non-hydrogen) atoms. The number of hydrogen-bond donors (Lipinski definition) is 0. The van der Waals surface area contributed by atoms with Gasteiger partial charge in [0.25, 0.3) is 5.24 Å². The van der Waals surface area contributed by atoms with E-state index in [1.807, 2.05) is 28.7 Å². The molecule has 5 heteroatoms. The van der Waals surface area contributed by atoms with Gasteiger partial charge in [0, 0.05) is 14.7 Å². The molecule has 0 saturated heterocycles. The number of carbonyl (C=O) groups is 2. The van der Waals surface area contributed by atoms with Crippen molar-refractivity contribution < 1.29 is 9.59 Å². The van der Waals surface area contributed by atoms with Gasteiger partial charge >= 0.3 is 0 Å². The molecular formula is C9H3ClINO2. The first-order valence-corrected chi connectivity index (χ1v) is 4.94. The topological polar surface area (TPSA) is 57.9 Å². The number of rotatable bonds is 2. The van der Waals surface area contributed by atoms with Crippen LogP contribution in [0.3, 0.4) is 0 Å². The van der Waals surface area contributed by atoms with Crippen LogP contribution in [0, 0.1) is 14.9 Å². The molecule has 0 aliphatic rings. The van der Waals surface area contributed by atoms with Crippen LogP contribution < -0.4 is 0 Å². The van der Waals surface area contributed by atoms with Crippen LogP contribution in [0.4, 0.5) is 0 Å². The van der Waals surface area contributed by atoms with Crippen molar-refractivity contribution in [3.05, 3.63) is 32.4 Å². The smallest absolute Gasteiger partial charge is 0.253 e. The predicted molar refractivity (Wildman–Crippen MR) is 59.4 cm³/mol. The minimum Gasteiger partial charge on any atom is -0.298 e. The Morgan fingerprint density at radius 1 is 1.57 bits per heavy atom. The third-order valence-corrected chi connectivity index (χ3v) is 2.93. The Hall–Kier alpha value is -0.930. The van der Waals surface area contributed by atoms with Gasteiger partial charge in [0.15, 0.2) is 0 Å². The van der Waals surface area contributed by atoms with Crippen LogP contribution in [0.2, 0.25) is 0 Å². The molecule has 1 aromatic carbocycles. The van der Waals surface area contributed by atoms with Gasteiger partial charge in [-0.3, -0.25) is 9.59 Å². The lowest BCUT2D eigenvalue weighted by Gasteiger charge is -2.01. The predicted octanol–water partition coefficient (Wildman–Crippen LogP) is 2.35. The summed E-state index contributed by atoms with van der Waals surface area (Å²) in [6.07, 6.45) is 0.570. The SMILES string of the molecule is N#Cc1cc(C=O)cc(C(=O)Cl)c1I. The molecule has 0 aliphatic carbocycles. The van der Waals surface area contributed by atoms with Crippen LogP contribution in [0.15, 0.2) is 12.1 Å². The summed E-state index contributed by atoms with van der Waals surface area (Å²) in [6, 6.07) is 4.67. The number of nitriles is 1. The van der Waals surface area contributed by atoms with Crippen LogP contribution in [0.1, 0.15) is 26.3 Å². The van der Waals surface area contributed by atoms with E-state index in [-0.39, 0.29) is 16.7 Å². The van der Waals surface area contributed by atoms with Crippen molar-refractivity contribution in [2.45, 2.75) is 0 Å². The molecule has 0 unspecified atom stereocenters. The maximum absolute atomic E-state index is 10.9. The Labute approximate surface area is 98.8 Å². The van der Waals surface area contributed by atoms with E-state index >= 15 is 0 Å². The molecule has 0 saturated carbocycles. The van der Waals surface area contributed by atoms with E-state index in [4.69, 9.17) is 16.9 Å². The monoisotopic (exact) mass is 319 g/mol. The standard InChI is InChI=1S/C9H3ClINO2/c10-9(14)7-2-5(4-13)1-6(3-12)8(7)11/h1-2,4H. The molecule has 0 radical (unpaired) electrons. The first-order valence-electron chi connectivity index (χ1n) is 3.48. The van der Waals surface area contributed by atoms with Crippen molar-refractivity contribution in [1.29, 1.82) is 5.26 Å². The van der Waals surface area contributed by atoms with Gasteiger partial charge in [-0.25, -0.2) is 0 Å². The molecule has 1 rings (SSSR count). The Morgan fingerprint density at radius 2 is 2.21 bits per heavy atom. The minimum absolute atomic E-state index is 0.188. The third kappa shape index (κ3) is 2.11. The highest BCUT2D eigenvalue weighted by atomic mass is 127. The fourth-order valence-corrected chi connectivity index (χ4v) is 1.92. The average molecular weight is 319 g/mol. The zero-order valence-corrected chi connectivity index (χ0v) is 9.67. The molecule has 3 nitrogen and oxygen atoms in total. The van der Waals surface area contributed by atoms with Crippen LogP contribution in [0.25, 0.3) is 0 Å². The summed E-state index contributed by atoms with van der Waals surface area (Å²) in [5, 5.41) is 8.05. The van der Waals surface area contributed by atoms with Crippen molar-refractivity contribution >= 4 is 45.7 Å². The molecule has 1 aromatic rings.